The molecule has 0 saturated carbocycles. The molecule has 1 aromatic rings. The van der Waals surface area contributed by atoms with E-state index in [4.69, 9.17) is 0 Å². The van der Waals surface area contributed by atoms with Crippen LogP contribution in [0.4, 0.5) is 13.2 Å². The fourth-order valence-corrected chi connectivity index (χ4v) is 2.84. The van der Waals surface area contributed by atoms with Crippen LogP contribution in [-0.4, -0.2) is 23.5 Å². The van der Waals surface area contributed by atoms with Crippen LogP contribution < -0.4 is 0 Å². The van der Waals surface area contributed by atoms with Gasteiger partial charge in [0.2, 0.25) is 0 Å². The van der Waals surface area contributed by atoms with Crippen LogP contribution in [-0.2, 0) is 0 Å². The predicted molar refractivity (Wildman–Crippen MR) is 74.3 cm³/mol. The Balaban J connectivity index is 2.03. The van der Waals surface area contributed by atoms with Crippen LogP contribution in [0.15, 0.2) is 18.2 Å². The first-order chi connectivity index (χ1) is 9.29. The van der Waals surface area contributed by atoms with Crippen molar-refractivity contribution < 1.29 is 13.2 Å². The lowest BCUT2D eigenvalue weighted by Gasteiger charge is -2.41. The number of piperidine rings is 1. The molecule has 0 N–H and O–H groups in total. The van der Waals surface area contributed by atoms with Gasteiger partial charge in [0, 0.05) is 17.2 Å². The third kappa shape index (κ3) is 3.35. The summed E-state index contributed by atoms with van der Waals surface area (Å²) in [7, 11) is 0. The minimum absolute atomic E-state index is 0.0133. The SMILES string of the molecule is CC(C)(C)N1CCC([C@@H](F)c2ccc(F)cc2F)CC1. The summed E-state index contributed by atoms with van der Waals surface area (Å²) in [5, 5.41) is 0. The van der Waals surface area contributed by atoms with Crippen molar-refractivity contribution in [3.8, 4) is 0 Å². The second kappa shape index (κ2) is 5.76. The predicted octanol–water partition coefficient (Wildman–Crippen LogP) is 4.49. The lowest BCUT2D eigenvalue weighted by atomic mass is 9.86. The molecule has 0 spiro atoms. The number of hydrogen-bond acceptors (Lipinski definition) is 1. The Bertz CT molecular complexity index is 459. The Hall–Kier alpha value is -1.03. The van der Waals surface area contributed by atoms with Crippen LogP contribution in [0.3, 0.4) is 0 Å². The lowest BCUT2D eigenvalue weighted by Crippen LogP contribution is -2.46. The van der Waals surface area contributed by atoms with Crippen LogP contribution >= 0.6 is 0 Å². The monoisotopic (exact) mass is 285 g/mol. The Morgan fingerprint density at radius 1 is 1.15 bits per heavy atom. The minimum atomic E-state index is -1.35. The van der Waals surface area contributed by atoms with Gasteiger partial charge >= 0.3 is 0 Å². The maximum atomic E-state index is 14.5. The van der Waals surface area contributed by atoms with E-state index in [1.165, 1.54) is 6.07 Å². The van der Waals surface area contributed by atoms with E-state index in [0.717, 1.165) is 25.2 Å². The van der Waals surface area contributed by atoms with Gasteiger partial charge < -0.3 is 0 Å². The highest BCUT2D eigenvalue weighted by atomic mass is 19.1. The highest BCUT2D eigenvalue weighted by molar-refractivity contribution is 5.21. The number of nitrogens with zero attached hydrogens (tertiary/aromatic N) is 1. The molecule has 0 aliphatic carbocycles. The summed E-state index contributed by atoms with van der Waals surface area (Å²) in [6.07, 6.45) is 0.0579. The van der Waals surface area contributed by atoms with Gasteiger partial charge in [0.25, 0.3) is 0 Å². The Labute approximate surface area is 118 Å². The topological polar surface area (TPSA) is 3.24 Å². The lowest BCUT2D eigenvalue weighted by molar-refractivity contribution is 0.0591. The van der Waals surface area contributed by atoms with Crippen LogP contribution in [0.2, 0.25) is 0 Å². The van der Waals surface area contributed by atoms with Gasteiger partial charge in [-0.2, -0.15) is 0 Å². The van der Waals surface area contributed by atoms with Crippen LogP contribution in [0.1, 0.15) is 45.3 Å². The minimum Gasteiger partial charge on any atom is -0.298 e. The maximum Gasteiger partial charge on any atom is 0.132 e. The van der Waals surface area contributed by atoms with Gasteiger partial charge in [-0.1, -0.05) is 6.07 Å². The molecule has 1 nitrogen and oxygen atoms in total. The van der Waals surface area contributed by atoms with Crippen molar-refractivity contribution in [2.24, 2.45) is 5.92 Å². The van der Waals surface area contributed by atoms with Gasteiger partial charge in [0.05, 0.1) is 0 Å². The van der Waals surface area contributed by atoms with E-state index >= 15 is 0 Å². The molecule has 0 unspecified atom stereocenters. The zero-order valence-corrected chi connectivity index (χ0v) is 12.3. The molecule has 1 saturated heterocycles. The van der Waals surface area contributed by atoms with Crippen molar-refractivity contribution in [2.45, 2.75) is 45.3 Å². The molecule has 112 valence electrons. The van der Waals surface area contributed by atoms with E-state index in [-0.39, 0.29) is 17.0 Å². The molecule has 0 aromatic heterocycles. The highest BCUT2D eigenvalue weighted by Crippen LogP contribution is 2.36. The number of benzene rings is 1. The summed E-state index contributed by atoms with van der Waals surface area (Å²) < 4.78 is 41.0. The maximum absolute atomic E-state index is 14.5. The fourth-order valence-electron chi connectivity index (χ4n) is 2.84. The summed E-state index contributed by atoms with van der Waals surface area (Å²) in [6, 6.07) is 3.10. The van der Waals surface area contributed by atoms with E-state index in [9.17, 15) is 13.2 Å². The molecule has 1 heterocycles. The molecule has 1 aliphatic heterocycles. The molecule has 1 fully saturated rings. The molecular formula is C16H22F3N. The smallest absolute Gasteiger partial charge is 0.132 e. The van der Waals surface area contributed by atoms with Crippen LogP contribution in [0.5, 0.6) is 0 Å². The fraction of sp³-hybridized carbons (Fsp3) is 0.625. The molecule has 20 heavy (non-hydrogen) atoms. The molecule has 4 heteroatoms. The van der Waals surface area contributed by atoms with E-state index in [1.807, 2.05) is 0 Å². The normalized spacial score (nSPS) is 20.1. The van der Waals surface area contributed by atoms with Gasteiger partial charge in [-0.25, -0.2) is 13.2 Å². The highest BCUT2D eigenvalue weighted by Gasteiger charge is 2.32. The summed E-state index contributed by atoms with van der Waals surface area (Å²) in [5.74, 6) is -1.63. The number of halogens is 3. The summed E-state index contributed by atoms with van der Waals surface area (Å²) in [6.45, 7) is 8.05. The van der Waals surface area contributed by atoms with Gasteiger partial charge in [-0.15, -0.1) is 0 Å². The number of rotatable bonds is 2. The Morgan fingerprint density at radius 2 is 1.75 bits per heavy atom. The molecule has 1 aromatic carbocycles. The second-order valence-corrected chi connectivity index (χ2v) is 6.56. The van der Waals surface area contributed by atoms with Crippen molar-refractivity contribution in [1.29, 1.82) is 0 Å². The summed E-state index contributed by atoms with van der Waals surface area (Å²) in [4.78, 5) is 2.32. The molecule has 1 atom stereocenters. The summed E-state index contributed by atoms with van der Waals surface area (Å²) >= 11 is 0. The number of hydrogen-bond donors (Lipinski definition) is 0. The van der Waals surface area contributed by atoms with E-state index in [2.05, 4.69) is 25.7 Å². The van der Waals surface area contributed by atoms with Crippen LogP contribution in [0, 0.1) is 17.6 Å². The molecule has 2 rings (SSSR count). The first-order valence-electron chi connectivity index (χ1n) is 7.13. The van der Waals surface area contributed by atoms with Crippen LogP contribution in [0.25, 0.3) is 0 Å². The average Bonchev–Trinajstić information content (AvgIpc) is 2.37. The Kier molecular flexibility index (Phi) is 4.43. The standard InChI is InChI=1S/C16H22F3N/c1-16(2,3)20-8-6-11(7-9-20)15(19)13-5-4-12(17)10-14(13)18/h4-5,10-11,15H,6-9H2,1-3H3/t15-/m1/s1. The van der Waals surface area contributed by atoms with Gasteiger partial charge in [0.1, 0.15) is 17.8 Å². The van der Waals surface area contributed by atoms with Gasteiger partial charge in [-0.05, 0) is 58.7 Å². The van der Waals surface area contributed by atoms with Gasteiger partial charge in [-0.3, -0.25) is 4.90 Å². The number of alkyl halides is 1. The largest absolute Gasteiger partial charge is 0.298 e. The van der Waals surface area contributed by atoms with E-state index in [0.29, 0.717) is 12.8 Å². The van der Waals surface area contributed by atoms with Crippen molar-refractivity contribution in [1.82, 2.24) is 4.90 Å². The number of likely N-dealkylation sites (tertiary alicyclic amines) is 1. The van der Waals surface area contributed by atoms with Gasteiger partial charge in [0.15, 0.2) is 0 Å². The third-order valence-corrected chi connectivity index (χ3v) is 4.16. The molecule has 0 amide bonds. The van der Waals surface area contributed by atoms with E-state index in [1.54, 1.807) is 0 Å². The second-order valence-electron chi connectivity index (χ2n) is 6.56. The summed E-state index contributed by atoms with van der Waals surface area (Å²) in [5.41, 5.74) is 0.0679. The quantitative estimate of drug-likeness (QED) is 0.774. The van der Waals surface area contributed by atoms with Crippen molar-refractivity contribution in [3.05, 3.63) is 35.4 Å². The van der Waals surface area contributed by atoms with Crippen molar-refractivity contribution >= 4 is 0 Å². The van der Waals surface area contributed by atoms with Crippen molar-refractivity contribution in [2.75, 3.05) is 13.1 Å². The molecular weight excluding hydrogens is 263 g/mol. The third-order valence-electron chi connectivity index (χ3n) is 4.16. The zero-order chi connectivity index (χ0) is 14.9. The van der Waals surface area contributed by atoms with E-state index < -0.39 is 17.8 Å². The molecule has 1 aliphatic rings. The average molecular weight is 285 g/mol. The molecule has 0 radical (unpaired) electrons. The Morgan fingerprint density at radius 3 is 2.25 bits per heavy atom. The van der Waals surface area contributed by atoms with Crippen molar-refractivity contribution in [3.63, 3.8) is 0 Å². The first-order valence-corrected chi connectivity index (χ1v) is 7.13. The first kappa shape index (κ1) is 15.4. The molecule has 0 bridgehead atoms. The zero-order valence-electron chi connectivity index (χ0n) is 12.3.